The summed E-state index contributed by atoms with van der Waals surface area (Å²) in [6.45, 7) is 5.81. The molecular weight excluding hydrogens is 252 g/mol. The van der Waals surface area contributed by atoms with E-state index < -0.39 is 0 Å². The van der Waals surface area contributed by atoms with Gasteiger partial charge in [-0.1, -0.05) is 31.8 Å². The Balaban J connectivity index is 2.65. The molecule has 0 spiro atoms. The maximum atomic E-state index is 8.76. The minimum atomic E-state index is 0.0767. The van der Waals surface area contributed by atoms with E-state index in [4.69, 9.17) is 14.6 Å². The molecule has 1 rings (SSSR count). The SMILES string of the molecule is COc1ccc(COCCC(C)C)cc1C#CCCO. The number of methoxy groups -OCH3 is 1. The van der Waals surface area contributed by atoms with Gasteiger partial charge in [-0.2, -0.15) is 0 Å². The summed E-state index contributed by atoms with van der Waals surface area (Å²) in [6.07, 6.45) is 1.54. The predicted molar refractivity (Wildman–Crippen MR) is 80.7 cm³/mol. The summed E-state index contributed by atoms with van der Waals surface area (Å²) in [7, 11) is 1.63. The number of hydrogen-bond acceptors (Lipinski definition) is 3. The molecule has 0 saturated heterocycles. The molecule has 1 N–H and O–H groups in total. The lowest BCUT2D eigenvalue weighted by Gasteiger charge is -2.09. The van der Waals surface area contributed by atoms with Gasteiger partial charge in [0.15, 0.2) is 0 Å². The van der Waals surface area contributed by atoms with Crippen molar-refractivity contribution in [2.75, 3.05) is 20.3 Å². The maximum Gasteiger partial charge on any atom is 0.134 e. The van der Waals surface area contributed by atoms with Crippen LogP contribution in [0.4, 0.5) is 0 Å². The second kappa shape index (κ2) is 9.41. The summed E-state index contributed by atoms with van der Waals surface area (Å²) in [4.78, 5) is 0. The molecule has 1 aromatic rings. The van der Waals surface area contributed by atoms with E-state index in [0.717, 1.165) is 29.9 Å². The fraction of sp³-hybridized carbons (Fsp3) is 0.529. The zero-order chi connectivity index (χ0) is 14.8. The summed E-state index contributed by atoms with van der Waals surface area (Å²) in [5, 5.41) is 8.76. The largest absolute Gasteiger partial charge is 0.495 e. The lowest BCUT2D eigenvalue weighted by atomic mass is 10.1. The molecule has 0 fully saturated rings. The van der Waals surface area contributed by atoms with E-state index in [1.165, 1.54) is 0 Å². The van der Waals surface area contributed by atoms with Crippen LogP contribution in [-0.4, -0.2) is 25.4 Å². The number of rotatable bonds is 7. The smallest absolute Gasteiger partial charge is 0.134 e. The van der Waals surface area contributed by atoms with Gasteiger partial charge in [0.1, 0.15) is 5.75 Å². The molecule has 3 heteroatoms. The third-order valence-corrected chi connectivity index (χ3v) is 2.83. The Morgan fingerprint density at radius 2 is 2.10 bits per heavy atom. The minimum absolute atomic E-state index is 0.0767. The van der Waals surface area contributed by atoms with Crippen LogP contribution in [0, 0.1) is 17.8 Å². The van der Waals surface area contributed by atoms with Crippen molar-refractivity contribution in [1.82, 2.24) is 0 Å². The molecule has 110 valence electrons. The van der Waals surface area contributed by atoms with E-state index in [2.05, 4.69) is 25.7 Å². The molecule has 3 nitrogen and oxygen atoms in total. The molecule has 0 aromatic heterocycles. The van der Waals surface area contributed by atoms with Gasteiger partial charge in [-0.3, -0.25) is 0 Å². The molecular formula is C17H24O3. The van der Waals surface area contributed by atoms with Gasteiger partial charge in [-0.05, 0) is 30.0 Å². The summed E-state index contributed by atoms with van der Waals surface area (Å²) >= 11 is 0. The number of hydrogen-bond donors (Lipinski definition) is 1. The van der Waals surface area contributed by atoms with E-state index >= 15 is 0 Å². The fourth-order valence-corrected chi connectivity index (χ4v) is 1.67. The third-order valence-electron chi connectivity index (χ3n) is 2.83. The van der Waals surface area contributed by atoms with Gasteiger partial charge in [-0.15, -0.1) is 0 Å². The lowest BCUT2D eigenvalue weighted by Crippen LogP contribution is -2.00. The summed E-state index contributed by atoms with van der Waals surface area (Å²) in [5.74, 6) is 7.35. The second-order valence-electron chi connectivity index (χ2n) is 5.05. The van der Waals surface area contributed by atoms with Crippen molar-refractivity contribution in [3.05, 3.63) is 29.3 Å². The average molecular weight is 276 g/mol. The Kier molecular flexibility index (Phi) is 7.79. The van der Waals surface area contributed by atoms with Gasteiger partial charge >= 0.3 is 0 Å². The molecule has 0 heterocycles. The molecule has 0 aliphatic heterocycles. The molecule has 0 aliphatic carbocycles. The van der Waals surface area contributed by atoms with Crippen molar-refractivity contribution in [2.24, 2.45) is 5.92 Å². The van der Waals surface area contributed by atoms with Gasteiger partial charge < -0.3 is 14.6 Å². The zero-order valence-corrected chi connectivity index (χ0v) is 12.6. The highest BCUT2D eigenvalue weighted by Crippen LogP contribution is 2.19. The predicted octanol–water partition coefficient (Wildman–Crippen LogP) is 2.99. The van der Waals surface area contributed by atoms with Crippen LogP contribution in [-0.2, 0) is 11.3 Å². The quantitative estimate of drug-likeness (QED) is 0.614. The number of aliphatic hydroxyl groups excluding tert-OH is 1. The first-order chi connectivity index (χ1) is 9.67. The molecule has 1 aromatic carbocycles. The minimum Gasteiger partial charge on any atom is -0.495 e. The van der Waals surface area contributed by atoms with Crippen molar-refractivity contribution < 1.29 is 14.6 Å². The second-order valence-corrected chi connectivity index (χ2v) is 5.05. The van der Waals surface area contributed by atoms with Crippen LogP contribution in [0.3, 0.4) is 0 Å². The fourth-order valence-electron chi connectivity index (χ4n) is 1.67. The van der Waals surface area contributed by atoms with Crippen molar-refractivity contribution in [3.63, 3.8) is 0 Å². The standard InChI is InChI=1S/C17H24O3/c1-14(2)9-11-20-13-15-7-8-17(19-3)16(12-15)6-4-5-10-18/h7-8,12,14,18H,5,9-11,13H2,1-3H3. The lowest BCUT2D eigenvalue weighted by molar-refractivity contribution is 0.110. The first kappa shape index (κ1) is 16.6. The molecule has 0 amide bonds. The van der Waals surface area contributed by atoms with Gasteiger partial charge in [0.05, 0.1) is 25.9 Å². The summed E-state index contributed by atoms with van der Waals surface area (Å²) < 4.78 is 10.9. The molecule has 20 heavy (non-hydrogen) atoms. The highest BCUT2D eigenvalue weighted by atomic mass is 16.5. The van der Waals surface area contributed by atoms with Crippen LogP contribution in [0.15, 0.2) is 18.2 Å². The Labute approximate surface area is 121 Å². The van der Waals surface area contributed by atoms with E-state index in [1.54, 1.807) is 7.11 Å². The van der Waals surface area contributed by atoms with Gasteiger partial charge in [0.2, 0.25) is 0 Å². The van der Waals surface area contributed by atoms with E-state index in [9.17, 15) is 0 Å². The van der Waals surface area contributed by atoms with Crippen LogP contribution in [0.25, 0.3) is 0 Å². The van der Waals surface area contributed by atoms with Gasteiger partial charge in [-0.25, -0.2) is 0 Å². The summed E-state index contributed by atoms with van der Waals surface area (Å²) in [5.41, 5.74) is 1.92. The van der Waals surface area contributed by atoms with Crippen LogP contribution in [0.5, 0.6) is 5.75 Å². The molecule has 0 aliphatic rings. The number of ether oxygens (including phenoxy) is 2. The van der Waals surface area contributed by atoms with Crippen LogP contribution >= 0.6 is 0 Å². The highest BCUT2D eigenvalue weighted by Gasteiger charge is 2.03. The average Bonchev–Trinajstić information content (AvgIpc) is 2.44. The van der Waals surface area contributed by atoms with E-state index in [1.807, 2.05) is 18.2 Å². The topological polar surface area (TPSA) is 38.7 Å². The van der Waals surface area contributed by atoms with Crippen molar-refractivity contribution >= 4 is 0 Å². The number of aliphatic hydroxyl groups is 1. The number of benzene rings is 1. The Bertz CT molecular complexity index is 455. The normalized spacial score (nSPS) is 10.2. The first-order valence-corrected chi connectivity index (χ1v) is 7.01. The molecule has 0 radical (unpaired) electrons. The monoisotopic (exact) mass is 276 g/mol. The zero-order valence-electron chi connectivity index (χ0n) is 12.6. The molecule has 0 atom stereocenters. The first-order valence-electron chi connectivity index (χ1n) is 7.01. The highest BCUT2D eigenvalue weighted by molar-refractivity contribution is 5.48. The van der Waals surface area contributed by atoms with E-state index in [-0.39, 0.29) is 6.61 Å². The Morgan fingerprint density at radius 1 is 1.30 bits per heavy atom. The van der Waals surface area contributed by atoms with E-state index in [0.29, 0.717) is 18.9 Å². The van der Waals surface area contributed by atoms with Crippen molar-refractivity contribution in [1.29, 1.82) is 0 Å². The Hall–Kier alpha value is -1.50. The summed E-state index contributed by atoms with van der Waals surface area (Å²) in [6, 6.07) is 5.88. The van der Waals surface area contributed by atoms with Gasteiger partial charge in [0, 0.05) is 13.0 Å². The molecule has 0 bridgehead atoms. The van der Waals surface area contributed by atoms with Crippen molar-refractivity contribution in [2.45, 2.75) is 33.3 Å². The van der Waals surface area contributed by atoms with Crippen LogP contribution in [0.1, 0.15) is 37.8 Å². The molecule has 0 unspecified atom stereocenters. The van der Waals surface area contributed by atoms with Gasteiger partial charge in [0.25, 0.3) is 0 Å². The molecule has 0 saturated carbocycles. The van der Waals surface area contributed by atoms with Crippen molar-refractivity contribution in [3.8, 4) is 17.6 Å². The van der Waals surface area contributed by atoms with Crippen LogP contribution < -0.4 is 4.74 Å². The maximum absolute atomic E-state index is 8.76. The third kappa shape index (κ3) is 6.10. The van der Waals surface area contributed by atoms with Crippen LogP contribution in [0.2, 0.25) is 0 Å². The Morgan fingerprint density at radius 3 is 2.75 bits per heavy atom.